The lowest BCUT2D eigenvalue weighted by atomic mass is 9.41. The lowest BCUT2D eigenvalue weighted by Crippen LogP contribution is -2.68. The molecule has 0 aromatic carbocycles. The van der Waals surface area contributed by atoms with Gasteiger partial charge in [0.05, 0.1) is 58.5 Å². The van der Waals surface area contributed by atoms with Crippen molar-refractivity contribution in [3.8, 4) is 0 Å². The monoisotopic (exact) mass is 1310 g/mol. The molecular weight excluding hydrogens is 1210 g/mol. The molecule has 30 nitrogen and oxygen atoms in total. The topological polar surface area (TPSA) is 453 Å². The standard InChI is InChI=1S/C61H100O30/c1-23-9-14-61(81-19-23)24(2)37-33(91-61)8-7-28-27-6-5-25-15-26(10-12-59(25,3)29(27)11-13-60(28,37)4)82-58-52(90-56-46(76)48(41(71)34(16-62)84-56)86-53-44(74)38(68)30(65)20-78-53)50(43(73)36(18-64)85-58)88-55-47(77)49(42(72)35(17-63)83-55)87-57-51(40(70)32(67)22-80-57)89-54-45(75)39(69)31(66)21-79-54/h23-58,62-77H,5-22H2,1-4H3/t23-,24+,25+,26+,27+,28+,29+,30-,31-,32-,33+,34-,35-,36-,37+,38+,39+,40+,41+,42-,43-,44-,45-,46-,47-,48+,49+,50+,51-,52-,53+,54+,55+,56+,57+,58-,59+,60+,61-/m1/s1. The quantitative estimate of drug-likeness (QED) is 0.0683. The van der Waals surface area contributed by atoms with Crippen molar-refractivity contribution in [2.45, 2.75) is 282 Å². The second-order valence-electron chi connectivity index (χ2n) is 28.9. The Morgan fingerprint density at radius 3 is 1.47 bits per heavy atom. The highest BCUT2D eigenvalue weighted by atomic mass is 16.8. The first-order chi connectivity index (χ1) is 43.3. The molecule has 0 aromatic heterocycles. The molecule has 0 radical (unpaired) electrons. The van der Waals surface area contributed by atoms with Gasteiger partial charge in [-0.1, -0.05) is 27.7 Å². The summed E-state index contributed by atoms with van der Waals surface area (Å²) in [4.78, 5) is 0. The van der Waals surface area contributed by atoms with Crippen LogP contribution in [-0.4, -0.2) is 312 Å². The van der Waals surface area contributed by atoms with Crippen LogP contribution in [0.15, 0.2) is 0 Å². The van der Waals surface area contributed by atoms with Crippen molar-refractivity contribution in [3.05, 3.63) is 0 Å². The van der Waals surface area contributed by atoms with E-state index in [-0.39, 0.29) is 28.8 Å². The van der Waals surface area contributed by atoms with Crippen LogP contribution in [0.4, 0.5) is 0 Å². The summed E-state index contributed by atoms with van der Waals surface area (Å²) in [6.45, 7) is 5.89. The number of hydrogen-bond donors (Lipinski definition) is 16. The van der Waals surface area contributed by atoms with Gasteiger partial charge in [0.2, 0.25) is 0 Å². The van der Waals surface area contributed by atoms with Gasteiger partial charge < -0.3 is 148 Å². The predicted octanol–water partition coefficient (Wildman–Crippen LogP) is -4.95. The SMILES string of the molecule is C[C@@H]1CC[C@@]2(OC1)O[C@H]1CC[C@H]3[C@@H]4CC[C@H]5C[C@@H](O[C@@H]6O[C@H](CO)[C@@H](O)[C@H](O[C@@H]7O[C@H](CO)[C@@H](O)[C@H](O[C@@H]8OC[C@@H](O)[C@H](O)[C@H]8O[C@@H]8OC[C@@H](O)[C@H](O)[C@H]8O)[C@H]7O)[C@H]6O[C@@H]6O[C@H](CO)[C@H](O)[C@H](O[C@@H]7OC[C@@H](O)[C@H](O)[C@H]7O)[C@H]6O)CC[C@]5(C)[C@H]4CC[C@]3(C)[C@H]1[C@@H]2C. The fourth-order valence-corrected chi connectivity index (χ4v) is 18.5. The lowest BCUT2D eigenvalue weighted by molar-refractivity contribution is -0.407. The van der Waals surface area contributed by atoms with Crippen LogP contribution in [-0.2, 0) is 66.3 Å². The normalized spacial score (nSPS) is 57.0. The number of ether oxygens (including phenoxy) is 14. The van der Waals surface area contributed by atoms with Crippen molar-refractivity contribution < 1.29 is 148 Å². The third-order valence-corrected chi connectivity index (χ3v) is 23.7. The molecule has 0 unspecified atom stereocenters. The van der Waals surface area contributed by atoms with Gasteiger partial charge in [-0.05, 0) is 111 Å². The number of fused-ring (bicyclic) bond motifs is 7. The molecule has 0 amide bonds. The van der Waals surface area contributed by atoms with Crippen molar-refractivity contribution >= 4 is 0 Å². The van der Waals surface area contributed by atoms with Gasteiger partial charge in [-0.15, -0.1) is 0 Å². The van der Waals surface area contributed by atoms with E-state index in [1.165, 1.54) is 0 Å². The Balaban J connectivity index is 0.804. The number of hydrogen-bond acceptors (Lipinski definition) is 30. The third kappa shape index (κ3) is 12.8. The van der Waals surface area contributed by atoms with Gasteiger partial charge in [0.25, 0.3) is 0 Å². The molecule has 1 spiro atoms. The molecule has 0 aromatic rings. The summed E-state index contributed by atoms with van der Waals surface area (Å²) in [7, 11) is 0. The zero-order valence-electron chi connectivity index (χ0n) is 51.9. The molecule has 4 aliphatic carbocycles. The van der Waals surface area contributed by atoms with Crippen molar-refractivity contribution in [2.75, 3.05) is 46.2 Å². The van der Waals surface area contributed by atoms with Crippen LogP contribution in [0.2, 0.25) is 0 Å². The predicted molar refractivity (Wildman–Crippen MR) is 300 cm³/mol. The van der Waals surface area contributed by atoms with E-state index in [9.17, 15) is 81.7 Å². The molecule has 16 N–H and O–H groups in total. The van der Waals surface area contributed by atoms with Gasteiger partial charge >= 0.3 is 0 Å². The average Bonchev–Trinajstić information content (AvgIpc) is 1.67. The molecule has 8 aliphatic heterocycles. The van der Waals surface area contributed by atoms with Gasteiger partial charge in [0, 0.05) is 12.3 Å². The second kappa shape index (κ2) is 27.8. The molecule has 30 heteroatoms. The highest BCUT2D eigenvalue weighted by Crippen LogP contribution is 2.70. The van der Waals surface area contributed by atoms with Crippen LogP contribution in [0.5, 0.6) is 0 Å². The van der Waals surface area contributed by atoms with Gasteiger partial charge in [0.1, 0.15) is 128 Å². The summed E-state index contributed by atoms with van der Waals surface area (Å²) in [6, 6.07) is 0. The summed E-state index contributed by atoms with van der Waals surface area (Å²) < 4.78 is 86.3. The van der Waals surface area contributed by atoms with Gasteiger partial charge in [-0.3, -0.25) is 0 Å². The number of rotatable bonds is 15. The summed E-state index contributed by atoms with van der Waals surface area (Å²) >= 11 is 0. The Morgan fingerprint density at radius 1 is 0.407 bits per heavy atom. The number of aliphatic hydroxyl groups excluding tert-OH is 16. The molecule has 4 saturated carbocycles. The van der Waals surface area contributed by atoms with Crippen molar-refractivity contribution in [1.82, 2.24) is 0 Å². The Labute approximate surface area is 527 Å². The van der Waals surface area contributed by atoms with Crippen LogP contribution in [0.25, 0.3) is 0 Å². The van der Waals surface area contributed by atoms with Crippen LogP contribution >= 0.6 is 0 Å². The third-order valence-electron chi connectivity index (χ3n) is 23.7. The molecule has 12 rings (SSSR count). The van der Waals surface area contributed by atoms with Crippen molar-refractivity contribution in [2.24, 2.45) is 52.3 Å². The first-order valence-corrected chi connectivity index (χ1v) is 33.1. The fourth-order valence-electron chi connectivity index (χ4n) is 18.5. The average molecular weight is 1310 g/mol. The van der Waals surface area contributed by atoms with E-state index < -0.39 is 217 Å². The molecule has 12 aliphatic rings. The first kappa shape index (κ1) is 69.7. The summed E-state index contributed by atoms with van der Waals surface area (Å²) in [6.07, 6.45) is -39.1. The maximum Gasteiger partial charge on any atom is 0.187 e. The summed E-state index contributed by atoms with van der Waals surface area (Å²) in [5.41, 5.74) is 0.0246. The van der Waals surface area contributed by atoms with Gasteiger partial charge in [-0.2, -0.15) is 0 Å². The minimum Gasteiger partial charge on any atom is -0.394 e. The highest BCUT2D eigenvalue weighted by molar-refractivity contribution is 5.14. The van der Waals surface area contributed by atoms with Gasteiger partial charge in [-0.25, -0.2) is 0 Å². The Bertz CT molecular complexity index is 2380. The Morgan fingerprint density at radius 2 is 0.901 bits per heavy atom. The van der Waals surface area contributed by atoms with Crippen LogP contribution in [0, 0.1) is 52.3 Å². The van der Waals surface area contributed by atoms with E-state index in [4.69, 9.17) is 66.3 Å². The maximum absolute atomic E-state index is 12.3. The second-order valence-corrected chi connectivity index (χ2v) is 28.9. The molecule has 524 valence electrons. The molecule has 8 saturated heterocycles. The molecule has 12 fully saturated rings. The van der Waals surface area contributed by atoms with Crippen LogP contribution < -0.4 is 0 Å². The molecule has 39 atom stereocenters. The summed E-state index contributed by atoms with van der Waals surface area (Å²) in [5, 5.41) is 176. The van der Waals surface area contributed by atoms with E-state index in [0.717, 1.165) is 57.8 Å². The Kier molecular flexibility index (Phi) is 21.3. The van der Waals surface area contributed by atoms with Crippen molar-refractivity contribution in [1.29, 1.82) is 0 Å². The largest absolute Gasteiger partial charge is 0.394 e. The number of aliphatic hydroxyl groups is 16. The maximum atomic E-state index is 12.3. The van der Waals surface area contributed by atoms with E-state index >= 15 is 0 Å². The molecule has 8 heterocycles. The van der Waals surface area contributed by atoms with Crippen LogP contribution in [0.3, 0.4) is 0 Å². The van der Waals surface area contributed by atoms with E-state index in [1.54, 1.807) is 0 Å². The lowest BCUT2D eigenvalue weighted by Gasteiger charge is -2.64. The highest BCUT2D eigenvalue weighted by Gasteiger charge is 2.68. The van der Waals surface area contributed by atoms with Gasteiger partial charge in [0.15, 0.2) is 43.5 Å². The Hall–Kier alpha value is -1.20. The summed E-state index contributed by atoms with van der Waals surface area (Å²) in [5.74, 6) is 2.30. The molecule has 0 bridgehead atoms. The fraction of sp³-hybridized carbons (Fsp3) is 1.00. The minimum absolute atomic E-state index is 0.0646. The molecule has 91 heavy (non-hydrogen) atoms. The minimum atomic E-state index is -2.15. The zero-order chi connectivity index (χ0) is 64.9. The van der Waals surface area contributed by atoms with E-state index in [1.807, 2.05) is 0 Å². The smallest absolute Gasteiger partial charge is 0.187 e. The van der Waals surface area contributed by atoms with Crippen LogP contribution in [0.1, 0.15) is 98.3 Å². The zero-order valence-corrected chi connectivity index (χ0v) is 51.9. The van der Waals surface area contributed by atoms with E-state index in [2.05, 4.69) is 27.7 Å². The molecular formula is C61H100O30. The van der Waals surface area contributed by atoms with Crippen molar-refractivity contribution in [3.63, 3.8) is 0 Å². The van der Waals surface area contributed by atoms with E-state index in [0.29, 0.717) is 49.0 Å². The first-order valence-electron chi connectivity index (χ1n) is 33.1.